The van der Waals surface area contributed by atoms with Gasteiger partial charge in [0.1, 0.15) is 30.1 Å². The summed E-state index contributed by atoms with van der Waals surface area (Å²) < 4.78 is 28.8. The Morgan fingerprint density at radius 1 is 1.13 bits per heavy atom. The molecule has 2 aliphatic heterocycles. The first-order valence-electron chi connectivity index (χ1n) is 9.64. The van der Waals surface area contributed by atoms with Crippen LogP contribution in [-0.4, -0.2) is 49.5 Å². The van der Waals surface area contributed by atoms with Crippen molar-refractivity contribution in [3.8, 4) is 5.75 Å². The van der Waals surface area contributed by atoms with E-state index in [9.17, 15) is 5.11 Å². The fourth-order valence-corrected chi connectivity index (χ4v) is 3.64. The number of methoxy groups -OCH3 is 1. The molecule has 2 heterocycles. The SMILES string of the molecule is COc1ccc(CO[C@H]2[C@@H]3O[C@H](c4ccccc4)OC[C@H]3OC(O)[C@@H]2N=[N+]=[N-])cc1. The Morgan fingerprint density at radius 2 is 1.90 bits per heavy atom. The third kappa shape index (κ3) is 4.41. The standard InChI is InChI=1S/C21H23N3O6/c1-26-15-9-7-13(8-10-15)11-27-19-17(23-24-22)20(25)29-16-12-28-21(30-18(16)19)14-5-3-2-4-6-14/h2-10,16-21,25H,11-12H2,1H3/t16-,17-,18-,19-,20?,21-/m1/s1. The largest absolute Gasteiger partial charge is 0.497 e. The second kappa shape index (κ2) is 9.44. The van der Waals surface area contributed by atoms with Crippen LogP contribution in [0, 0.1) is 0 Å². The van der Waals surface area contributed by atoms with Gasteiger partial charge < -0.3 is 28.8 Å². The summed E-state index contributed by atoms with van der Waals surface area (Å²) in [5.41, 5.74) is 10.7. The molecule has 4 rings (SSSR count). The predicted octanol–water partition coefficient (Wildman–Crippen LogP) is 3.09. The Hall–Kier alpha value is -2.65. The lowest BCUT2D eigenvalue weighted by molar-refractivity contribution is -0.341. The molecule has 0 saturated carbocycles. The van der Waals surface area contributed by atoms with E-state index in [-0.39, 0.29) is 13.2 Å². The van der Waals surface area contributed by atoms with Gasteiger partial charge in [0.05, 0.1) is 20.3 Å². The zero-order valence-electron chi connectivity index (χ0n) is 16.4. The first-order valence-corrected chi connectivity index (χ1v) is 9.64. The molecule has 9 nitrogen and oxygen atoms in total. The van der Waals surface area contributed by atoms with Crippen LogP contribution < -0.4 is 4.74 Å². The Kier molecular flexibility index (Phi) is 6.49. The Labute approximate surface area is 173 Å². The molecule has 2 saturated heterocycles. The van der Waals surface area contributed by atoms with Gasteiger partial charge in [-0.15, -0.1) is 0 Å². The number of azide groups is 1. The summed E-state index contributed by atoms with van der Waals surface area (Å²) in [6, 6.07) is 16.0. The van der Waals surface area contributed by atoms with E-state index in [4.69, 9.17) is 29.2 Å². The molecule has 158 valence electrons. The summed E-state index contributed by atoms with van der Waals surface area (Å²) in [6.45, 7) is 0.453. The Balaban J connectivity index is 1.54. The minimum Gasteiger partial charge on any atom is -0.497 e. The molecule has 6 atom stereocenters. The van der Waals surface area contributed by atoms with Crippen LogP contribution in [0.3, 0.4) is 0 Å². The van der Waals surface area contributed by atoms with Crippen molar-refractivity contribution in [3.63, 3.8) is 0 Å². The quantitative estimate of drug-likeness (QED) is 0.442. The van der Waals surface area contributed by atoms with E-state index in [1.165, 1.54) is 0 Å². The van der Waals surface area contributed by atoms with E-state index in [1.54, 1.807) is 7.11 Å². The number of hydrogen-bond acceptors (Lipinski definition) is 7. The highest BCUT2D eigenvalue weighted by Gasteiger charge is 2.50. The minimum absolute atomic E-state index is 0.215. The van der Waals surface area contributed by atoms with Crippen molar-refractivity contribution in [1.29, 1.82) is 0 Å². The monoisotopic (exact) mass is 413 g/mol. The van der Waals surface area contributed by atoms with Crippen LogP contribution in [0.2, 0.25) is 0 Å². The number of fused-ring (bicyclic) bond motifs is 1. The van der Waals surface area contributed by atoms with Gasteiger partial charge in [0.15, 0.2) is 12.6 Å². The van der Waals surface area contributed by atoms with Crippen molar-refractivity contribution in [3.05, 3.63) is 76.2 Å². The van der Waals surface area contributed by atoms with Gasteiger partial charge in [-0.05, 0) is 23.2 Å². The summed E-state index contributed by atoms with van der Waals surface area (Å²) in [7, 11) is 1.60. The number of rotatable bonds is 6. The third-order valence-electron chi connectivity index (χ3n) is 5.18. The van der Waals surface area contributed by atoms with E-state index in [0.717, 1.165) is 16.9 Å². The maximum atomic E-state index is 10.4. The van der Waals surface area contributed by atoms with Crippen molar-refractivity contribution in [2.24, 2.45) is 5.11 Å². The summed E-state index contributed by atoms with van der Waals surface area (Å²) in [5.74, 6) is 0.741. The highest BCUT2D eigenvalue weighted by atomic mass is 16.7. The van der Waals surface area contributed by atoms with E-state index in [2.05, 4.69) is 10.0 Å². The number of ether oxygens (including phenoxy) is 5. The van der Waals surface area contributed by atoms with E-state index in [1.807, 2.05) is 54.6 Å². The van der Waals surface area contributed by atoms with Crippen LogP contribution >= 0.6 is 0 Å². The maximum Gasteiger partial charge on any atom is 0.184 e. The highest BCUT2D eigenvalue weighted by Crippen LogP contribution is 2.36. The summed E-state index contributed by atoms with van der Waals surface area (Å²) in [6.07, 6.45) is -3.77. The van der Waals surface area contributed by atoms with Gasteiger partial charge in [0.25, 0.3) is 0 Å². The normalized spacial score (nSPS) is 30.7. The van der Waals surface area contributed by atoms with Crippen LogP contribution in [0.4, 0.5) is 0 Å². The second-order valence-corrected chi connectivity index (χ2v) is 7.06. The molecule has 2 aromatic carbocycles. The van der Waals surface area contributed by atoms with Crippen molar-refractivity contribution >= 4 is 0 Å². The van der Waals surface area contributed by atoms with Crippen LogP contribution in [0.15, 0.2) is 59.7 Å². The molecule has 9 heteroatoms. The molecule has 0 aromatic heterocycles. The Bertz CT molecular complexity index is 874. The van der Waals surface area contributed by atoms with Crippen LogP contribution in [0.25, 0.3) is 10.4 Å². The molecule has 2 aromatic rings. The van der Waals surface area contributed by atoms with E-state index in [0.29, 0.717) is 0 Å². The fourth-order valence-electron chi connectivity index (χ4n) is 3.64. The molecule has 0 bridgehead atoms. The topological polar surface area (TPSA) is 115 Å². The number of aliphatic hydroxyl groups is 1. The van der Waals surface area contributed by atoms with Crippen molar-refractivity contribution < 1.29 is 28.8 Å². The molecule has 1 unspecified atom stereocenters. The number of aliphatic hydroxyl groups excluding tert-OH is 1. The zero-order valence-corrected chi connectivity index (χ0v) is 16.4. The molecule has 2 fully saturated rings. The molecular weight excluding hydrogens is 390 g/mol. The van der Waals surface area contributed by atoms with Gasteiger partial charge in [0, 0.05) is 10.5 Å². The molecule has 0 spiro atoms. The van der Waals surface area contributed by atoms with Gasteiger partial charge in [-0.25, -0.2) is 0 Å². The third-order valence-corrected chi connectivity index (χ3v) is 5.18. The maximum absolute atomic E-state index is 10.4. The lowest BCUT2D eigenvalue weighted by Crippen LogP contribution is -2.61. The number of nitrogens with zero attached hydrogens (tertiary/aromatic N) is 3. The van der Waals surface area contributed by atoms with Gasteiger partial charge >= 0.3 is 0 Å². The molecule has 0 amide bonds. The van der Waals surface area contributed by atoms with Crippen LogP contribution in [-0.2, 0) is 25.6 Å². The van der Waals surface area contributed by atoms with Crippen LogP contribution in [0.1, 0.15) is 17.4 Å². The fraction of sp³-hybridized carbons (Fsp3) is 0.429. The predicted molar refractivity (Wildman–Crippen MR) is 105 cm³/mol. The molecule has 30 heavy (non-hydrogen) atoms. The summed E-state index contributed by atoms with van der Waals surface area (Å²) >= 11 is 0. The number of hydrogen-bond donors (Lipinski definition) is 1. The van der Waals surface area contributed by atoms with Crippen molar-refractivity contribution in [2.45, 2.75) is 43.5 Å². The first-order chi connectivity index (χ1) is 14.7. The van der Waals surface area contributed by atoms with Crippen LogP contribution in [0.5, 0.6) is 5.75 Å². The average molecular weight is 413 g/mol. The van der Waals surface area contributed by atoms with E-state index >= 15 is 0 Å². The lowest BCUT2D eigenvalue weighted by atomic mass is 9.96. The van der Waals surface area contributed by atoms with Gasteiger partial charge in [0.2, 0.25) is 0 Å². The van der Waals surface area contributed by atoms with Crippen molar-refractivity contribution in [2.75, 3.05) is 13.7 Å². The first kappa shape index (κ1) is 20.6. The summed E-state index contributed by atoms with van der Waals surface area (Å²) in [5, 5.41) is 14.1. The van der Waals surface area contributed by atoms with Gasteiger partial charge in [-0.3, -0.25) is 0 Å². The van der Waals surface area contributed by atoms with E-state index < -0.39 is 36.9 Å². The molecular formula is C21H23N3O6. The molecule has 0 radical (unpaired) electrons. The van der Waals surface area contributed by atoms with Gasteiger partial charge in [-0.2, -0.15) is 0 Å². The molecule has 0 aliphatic carbocycles. The average Bonchev–Trinajstić information content (AvgIpc) is 2.79. The Morgan fingerprint density at radius 3 is 2.60 bits per heavy atom. The molecule has 1 N–H and O–H groups in total. The zero-order chi connectivity index (χ0) is 20.9. The second-order valence-electron chi connectivity index (χ2n) is 7.06. The van der Waals surface area contributed by atoms with Crippen molar-refractivity contribution in [1.82, 2.24) is 0 Å². The summed E-state index contributed by atoms with van der Waals surface area (Å²) in [4.78, 5) is 2.85. The smallest absolute Gasteiger partial charge is 0.184 e. The lowest BCUT2D eigenvalue weighted by Gasteiger charge is -2.47. The number of benzene rings is 2. The van der Waals surface area contributed by atoms with Gasteiger partial charge in [-0.1, -0.05) is 47.6 Å². The molecule has 2 aliphatic rings. The highest BCUT2D eigenvalue weighted by molar-refractivity contribution is 5.26. The minimum atomic E-state index is -1.32.